The zero-order chi connectivity index (χ0) is 14.9. The van der Waals surface area contributed by atoms with Crippen LogP contribution in [0.4, 0.5) is 5.82 Å². The van der Waals surface area contributed by atoms with Gasteiger partial charge in [0.05, 0.1) is 6.20 Å². The molecule has 2 aromatic heterocycles. The van der Waals surface area contributed by atoms with Crippen LogP contribution < -0.4 is 4.90 Å². The highest BCUT2D eigenvalue weighted by molar-refractivity contribution is 7.91. The van der Waals surface area contributed by atoms with Gasteiger partial charge in [-0.1, -0.05) is 0 Å². The first kappa shape index (κ1) is 14.4. The Labute approximate surface area is 128 Å². The summed E-state index contributed by atoms with van der Waals surface area (Å²) in [7, 11) is -3.36. The molecule has 0 unspecified atom stereocenters. The molecule has 1 aliphatic heterocycles. The van der Waals surface area contributed by atoms with Crippen molar-refractivity contribution in [1.29, 1.82) is 0 Å². The van der Waals surface area contributed by atoms with Crippen LogP contribution in [0.2, 0.25) is 0 Å². The molecule has 1 saturated heterocycles. The Hall–Kier alpha value is -1.51. The number of thiophene rings is 1. The van der Waals surface area contributed by atoms with E-state index in [1.165, 1.54) is 11.3 Å². The lowest BCUT2D eigenvalue weighted by molar-refractivity contribution is 0.384. The van der Waals surface area contributed by atoms with Crippen molar-refractivity contribution in [3.8, 4) is 0 Å². The summed E-state index contributed by atoms with van der Waals surface area (Å²) in [5.74, 6) is 0.793. The van der Waals surface area contributed by atoms with Crippen LogP contribution in [0.1, 0.15) is 4.88 Å². The fourth-order valence-corrected chi connectivity index (χ4v) is 5.15. The number of piperazine rings is 1. The van der Waals surface area contributed by atoms with Crippen molar-refractivity contribution in [2.75, 3.05) is 31.1 Å². The predicted molar refractivity (Wildman–Crippen MR) is 82.1 cm³/mol. The molecule has 0 amide bonds. The minimum atomic E-state index is -3.36. The molecule has 1 fully saturated rings. The fourth-order valence-electron chi connectivity index (χ4n) is 2.29. The number of hydrogen-bond donors (Lipinski definition) is 0. The van der Waals surface area contributed by atoms with Gasteiger partial charge in [0.15, 0.2) is 0 Å². The van der Waals surface area contributed by atoms with Crippen molar-refractivity contribution in [3.63, 3.8) is 0 Å². The minimum absolute atomic E-state index is 0.424. The lowest BCUT2D eigenvalue weighted by atomic mass is 10.3. The van der Waals surface area contributed by atoms with E-state index in [4.69, 9.17) is 0 Å². The van der Waals surface area contributed by atoms with Crippen molar-refractivity contribution < 1.29 is 8.42 Å². The second-order valence-corrected chi connectivity index (χ2v) is 8.27. The summed E-state index contributed by atoms with van der Waals surface area (Å²) in [6, 6.07) is 3.53. The lowest BCUT2D eigenvalue weighted by Gasteiger charge is -2.34. The van der Waals surface area contributed by atoms with E-state index < -0.39 is 10.0 Å². The second-order valence-electron chi connectivity index (χ2n) is 4.82. The third kappa shape index (κ3) is 2.92. The minimum Gasteiger partial charge on any atom is -0.353 e. The van der Waals surface area contributed by atoms with Gasteiger partial charge in [0, 0.05) is 43.4 Å². The van der Waals surface area contributed by atoms with Crippen LogP contribution in [0.3, 0.4) is 0 Å². The monoisotopic (exact) mass is 324 g/mol. The van der Waals surface area contributed by atoms with Crippen LogP contribution in [-0.2, 0) is 10.0 Å². The van der Waals surface area contributed by atoms with Gasteiger partial charge in [-0.15, -0.1) is 11.3 Å². The molecule has 0 bridgehead atoms. The summed E-state index contributed by atoms with van der Waals surface area (Å²) in [5.41, 5.74) is 0. The molecule has 8 heteroatoms. The average molecular weight is 324 g/mol. The van der Waals surface area contributed by atoms with Gasteiger partial charge in [0.1, 0.15) is 10.0 Å². The van der Waals surface area contributed by atoms with E-state index in [9.17, 15) is 8.42 Å². The Kier molecular flexibility index (Phi) is 3.92. The average Bonchev–Trinajstić information content (AvgIpc) is 2.96. The van der Waals surface area contributed by atoms with Gasteiger partial charge in [0.25, 0.3) is 10.0 Å². The van der Waals surface area contributed by atoms with Crippen molar-refractivity contribution in [1.82, 2.24) is 14.3 Å². The van der Waals surface area contributed by atoms with Gasteiger partial charge < -0.3 is 4.90 Å². The first-order valence-electron chi connectivity index (χ1n) is 6.65. The van der Waals surface area contributed by atoms with E-state index in [1.54, 1.807) is 29.0 Å². The van der Waals surface area contributed by atoms with Crippen molar-refractivity contribution in [3.05, 3.63) is 35.6 Å². The lowest BCUT2D eigenvalue weighted by Crippen LogP contribution is -2.48. The molecule has 0 atom stereocenters. The normalized spacial score (nSPS) is 17.1. The summed E-state index contributed by atoms with van der Waals surface area (Å²) in [4.78, 5) is 11.4. The Morgan fingerprint density at radius 1 is 1.14 bits per heavy atom. The van der Waals surface area contributed by atoms with Gasteiger partial charge in [-0.2, -0.15) is 4.31 Å². The van der Waals surface area contributed by atoms with Crippen LogP contribution >= 0.6 is 11.3 Å². The first-order valence-corrected chi connectivity index (χ1v) is 8.90. The summed E-state index contributed by atoms with van der Waals surface area (Å²) < 4.78 is 27.0. The summed E-state index contributed by atoms with van der Waals surface area (Å²) in [5, 5.41) is 0. The molecule has 0 saturated carbocycles. The van der Waals surface area contributed by atoms with E-state index in [1.807, 2.05) is 13.0 Å². The molecular formula is C13H16N4O2S2. The molecular weight excluding hydrogens is 308 g/mol. The smallest absolute Gasteiger partial charge is 0.252 e. The first-order chi connectivity index (χ1) is 10.1. The van der Waals surface area contributed by atoms with Crippen LogP contribution in [0.15, 0.2) is 34.9 Å². The molecule has 6 nitrogen and oxygen atoms in total. The number of nitrogens with zero attached hydrogens (tertiary/aromatic N) is 4. The number of anilines is 1. The van der Waals surface area contributed by atoms with Crippen LogP contribution in [0.5, 0.6) is 0 Å². The molecule has 0 aliphatic carbocycles. The highest BCUT2D eigenvalue weighted by Crippen LogP contribution is 2.25. The molecule has 3 heterocycles. The van der Waals surface area contributed by atoms with E-state index in [0.717, 1.165) is 10.7 Å². The molecule has 2 aromatic rings. The van der Waals surface area contributed by atoms with Gasteiger partial charge in [-0.05, 0) is 19.1 Å². The Balaban J connectivity index is 1.71. The summed E-state index contributed by atoms with van der Waals surface area (Å²) in [6.45, 7) is 4.10. The molecule has 0 aromatic carbocycles. The standard InChI is InChI=1S/C13H16N4O2S2/c1-11-2-3-13(20-11)21(18,19)17-8-6-16(7-9-17)12-10-14-4-5-15-12/h2-5,10H,6-9H2,1H3. The third-order valence-electron chi connectivity index (χ3n) is 3.42. The van der Waals surface area contributed by atoms with Gasteiger partial charge >= 0.3 is 0 Å². The van der Waals surface area contributed by atoms with Crippen LogP contribution in [0.25, 0.3) is 0 Å². The number of aryl methyl sites for hydroxylation is 1. The third-order valence-corrected chi connectivity index (χ3v) is 6.79. The molecule has 21 heavy (non-hydrogen) atoms. The van der Waals surface area contributed by atoms with E-state index in [2.05, 4.69) is 14.9 Å². The number of aromatic nitrogens is 2. The summed E-state index contributed by atoms with van der Waals surface area (Å²) >= 11 is 1.32. The second kappa shape index (κ2) is 5.70. The Morgan fingerprint density at radius 2 is 1.90 bits per heavy atom. The van der Waals surface area contributed by atoms with Gasteiger partial charge in [0.2, 0.25) is 0 Å². The van der Waals surface area contributed by atoms with E-state index in [0.29, 0.717) is 30.4 Å². The quantitative estimate of drug-likeness (QED) is 0.853. The number of rotatable bonds is 3. The zero-order valence-corrected chi connectivity index (χ0v) is 13.3. The molecule has 0 spiro atoms. The fraction of sp³-hybridized carbons (Fsp3) is 0.385. The molecule has 112 valence electrons. The highest BCUT2D eigenvalue weighted by atomic mass is 32.2. The van der Waals surface area contributed by atoms with Gasteiger partial charge in [-0.3, -0.25) is 4.98 Å². The Bertz CT molecular complexity index is 707. The predicted octanol–water partition coefficient (Wildman–Crippen LogP) is 1.36. The largest absolute Gasteiger partial charge is 0.353 e. The van der Waals surface area contributed by atoms with Gasteiger partial charge in [-0.25, -0.2) is 13.4 Å². The SMILES string of the molecule is Cc1ccc(S(=O)(=O)N2CCN(c3cnccn3)CC2)s1. The Morgan fingerprint density at radius 3 is 2.48 bits per heavy atom. The van der Waals surface area contributed by atoms with Crippen molar-refractivity contribution >= 4 is 27.2 Å². The van der Waals surface area contributed by atoms with Crippen LogP contribution in [0, 0.1) is 6.92 Å². The molecule has 3 rings (SSSR count). The molecule has 0 radical (unpaired) electrons. The number of sulfonamides is 1. The molecule has 1 aliphatic rings. The molecule has 0 N–H and O–H groups in total. The zero-order valence-electron chi connectivity index (χ0n) is 11.6. The van der Waals surface area contributed by atoms with E-state index in [-0.39, 0.29) is 0 Å². The van der Waals surface area contributed by atoms with E-state index >= 15 is 0 Å². The highest BCUT2D eigenvalue weighted by Gasteiger charge is 2.29. The topological polar surface area (TPSA) is 66.4 Å². The number of hydrogen-bond acceptors (Lipinski definition) is 6. The van der Waals surface area contributed by atoms with Crippen molar-refractivity contribution in [2.45, 2.75) is 11.1 Å². The maximum Gasteiger partial charge on any atom is 0.252 e. The van der Waals surface area contributed by atoms with Crippen LogP contribution in [-0.4, -0.2) is 48.9 Å². The maximum absolute atomic E-state index is 12.5. The summed E-state index contributed by atoms with van der Waals surface area (Å²) in [6.07, 6.45) is 4.98. The maximum atomic E-state index is 12.5. The van der Waals surface area contributed by atoms with Crippen molar-refractivity contribution in [2.24, 2.45) is 0 Å².